The van der Waals surface area contributed by atoms with Crippen LogP contribution in [0.25, 0.3) is 10.2 Å². The quantitative estimate of drug-likeness (QED) is 0.780. The van der Waals surface area contributed by atoms with Gasteiger partial charge in [0.25, 0.3) is 5.91 Å². The van der Waals surface area contributed by atoms with Crippen LogP contribution in [0.3, 0.4) is 0 Å². The van der Waals surface area contributed by atoms with Crippen molar-refractivity contribution in [3.05, 3.63) is 41.9 Å². The highest BCUT2D eigenvalue weighted by Gasteiger charge is 2.24. The average Bonchev–Trinajstić information content (AvgIpc) is 3.30. The minimum absolute atomic E-state index is 0.0282. The first-order chi connectivity index (χ1) is 11.3. The Bertz CT molecular complexity index is 796. The van der Waals surface area contributed by atoms with Crippen molar-refractivity contribution in [2.45, 2.75) is 38.3 Å². The normalized spacial score (nSPS) is 15.5. The van der Waals surface area contributed by atoms with E-state index in [0.29, 0.717) is 12.6 Å². The van der Waals surface area contributed by atoms with Crippen LogP contribution in [0.15, 0.2) is 36.2 Å². The van der Waals surface area contributed by atoms with Gasteiger partial charge in [-0.15, -0.1) is 11.3 Å². The molecule has 0 spiro atoms. The van der Waals surface area contributed by atoms with E-state index in [0.717, 1.165) is 12.2 Å². The van der Waals surface area contributed by atoms with Gasteiger partial charge in [0.15, 0.2) is 0 Å². The smallest absolute Gasteiger partial charge is 0.268 e. The molecule has 4 rings (SSSR count). The number of hydrogen-bond acceptors (Lipinski definition) is 3. The van der Waals surface area contributed by atoms with Gasteiger partial charge in [0.05, 0.1) is 16.5 Å². The lowest BCUT2D eigenvalue weighted by atomic mass is 10.2. The SMILES string of the molecule is O=C(NCCn1ccnc1)c1cc2sccc2n1C1CCCC1. The van der Waals surface area contributed by atoms with Crippen LogP contribution in [0.4, 0.5) is 0 Å². The Balaban J connectivity index is 1.53. The number of amides is 1. The summed E-state index contributed by atoms with van der Waals surface area (Å²) in [5, 5.41) is 5.16. The maximum atomic E-state index is 12.7. The molecule has 0 aliphatic heterocycles. The molecule has 0 aromatic carbocycles. The third kappa shape index (κ3) is 2.79. The number of aromatic nitrogens is 3. The van der Waals surface area contributed by atoms with Crippen molar-refractivity contribution >= 4 is 27.5 Å². The zero-order chi connectivity index (χ0) is 15.6. The molecule has 6 heteroatoms. The molecule has 1 N–H and O–H groups in total. The van der Waals surface area contributed by atoms with Crippen LogP contribution in [0.1, 0.15) is 42.2 Å². The van der Waals surface area contributed by atoms with E-state index in [-0.39, 0.29) is 5.91 Å². The second kappa shape index (κ2) is 6.20. The zero-order valence-electron chi connectivity index (χ0n) is 12.9. The number of rotatable bonds is 5. The molecule has 1 saturated carbocycles. The fourth-order valence-electron chi connectivity index (χ4n) is 3.48. The maximum absolute atomic E-state index is 12.7. The Morgan fingerprint density at radius 2 is 2.26 bits per heavy atom. The van der Waals surface area contributed by atoms with Gasteiger partial charge in [-0.25, -0.2) is 4.98 Å². The summed E-state index contributed by atoms with van der Waals surface area (Å²) in [6, 6.07) is 4.65. The van der Waals surface area contributed by atoms with Crippen LogP contribution in [-0.4, -0.2) is 26.6 Å². The van der Waals surface area contributed by atoms with E-state index in [1.807, 2.05) is 16.8 Å². The van der Waals surface area contributed by atoms with E-state index in [1.165, 1.54) is 35.9 Å². The fourth-order valence-corrected chi connectivity index (χ4v) is 4.29. The minimum Gasteiger partial charge on any atom is -0.349 e. The zero-order valence-corrected chi connectivity index (χ0v) is 13.8. The molecule has 1 aliphatic carbocycles. The van der Waals surface area contributed by atoms with Gasteiger partial charge in [0.1, 0.15) is 5.69 Å². The predicted molar refractivity (Wildman–Crippen MR) is 91.9 cm³/mol. The molecule has 1 aliphatic rings. The van der Waals surface area contributed by atoms with Crippen molar-refractivity contribution < 1.29 is 4.79 Å². The lowest BCUT2D eigenvalue weighted by Gasteiger charge is -2.17. The number of imidazole rings is 1. The number of carbonyl (C=O) groups is 1. The largest absolute Gasteiger partial charge is 0.349 e. The van der Waals surface area contributed by atoms with Gasteiger partial charge >= 0.3 is 0 Å². The van der Waals surface area contributed by atoms with E-state index in [4.69, 9.17) is 0 Å². The fraction of sp³-hybridized carbons (Fsp3) is 0.412. The van der Waals surface area contributed by atoms with Gasteiger partial charge in [-0.1, -0.05) is 12.8 Å². The Kier molecular flexibility index (Phi) is 3.91. The third-order valence-corrected chi connectivity index (χ3v) is 5.45. The maximum Gasteiger partial charge on any atom is 0.268 e. The number of nitrogens with zero attached hydrogens (tertiary/aromatic N) is 3. The molecule has 3 aromatic rings. The molecular formula is C17H20N4OS. The van der Waals surface area contributed by atoms with E-state index in [9.17, 15) is 4.79 Å². The molecule has 0 bridgehead atoms. The van der Waals surface area contributed by atoms with Crippen molar-refractivity contribution in [2.75, 3.05) is 6.54 Å². The molecule has 0 atom stereocenters. The summed E-state index contributed by atoms with van der Waals surface area (Å²) in [6.07, 6.45) is 10.3. The summed E-state index contributed by atoms with van der Waals surface area (Å²) >= 11 is 1.71. The van der Waals surface area contributed by atoms with Crippen LogP contribution in [0.5, 0.6) is 0 Å². The second-order valence-corrected chi connectivity index (χ2v) is 7.01. The monoisotopic (exact) mass is 328 g/mol. The molecule has 0 saturated heterocycles. The van der Waals surface area contributed by atoms with Crippen molar-refractivity contribution in [3.63, 3.8) is 0 Å². The van der Waals surface area contributed by atoms with Crippen molar-refractivity contribution in [1.82, 2.24) is 19.4 Å². The van der Waals surface area contributed by atoms with Gasteiger partial charge in [-0.05, 0) is 30.4 Å². The standard InChI is InChI=1S/C17H20N4OS/c22-17(19-7-9-20-8-6-18-12-20)15-11-16-14(5-10-23-16)21(15)13-3-1-2-4-13/h5-6,8,10-13H,1-4,7,9H2,(H,19,22). The number of carbonyl (C=O) groups excluding carboxylic acids is 1. The Labute approximate surface area is 138 Å². The lowest BCUT2D eigenvalue weighted by molar-refractivity contribution is 0.0941. The first-order valence-corrected chi connectivity index (χ1v) is 9.03. The van der Waals surface area contributed by atoms with Gasteiger partial charge < -0.3 is 14.5 Å². The molecule has 0 unspecified atom stereocenters. The van der Waals surface area contributed by atoms with Crippen molar-refractivity contribution in [2.24, 2.45) is 0 Å². The van der Waals surface area contributed by atoms with Crippen molar-refractivity contribution in [3.8, 4) is 0 Å². The van der Waals surface area contributed by atoms with Crippen LogP contribution < -0.4 is 5.32 Å². The predicted octanol–water partition coefficient (Wildman–Crippen LogP) is 3.44. The molecule has 1 fully saturated rings. The molecule has 3 heterocycles. The topological polar surface area (TPSA) is 51.9 Å². The molecule has 0 radical (unpaired) electrons. The highest BCUT2D eigenvalue weighted by molar-refractivity contribution is 7.17. The third-order valence-electron chi connectivity index (χ3n) is 4.60. The number of thiophene rings is 1. The Morgan fingerprint density at radius 1 is 1.39 bits per heavy atom. The van der Waals surface area contributed by atoms with Crippen LogP contribution in [0.2, 0.25) is 0 Å². The average molecular weight is 328 g/mol. The highest BCUT2D eigenvalue weighted by atomic mass is 32.1. The molecular weight excluding hydrogens is 308 g/mol. The molecule has 1 amide bonds. The first kappa shape index (κ1) is 14.5. The summed E-state index contributed by atoms with van der Waals surface area (Å²) < 4.78 is 5.44. The molecule has 3 aromatic heterocycles. The van der Waals surface area contributed by atoms with Crippen LogP contribution >= 0.6 is 11.3 Å². The van der Waals surface area contributed by atoms with Gasteiger partial charge in [0, 0.05) is 31.5 Å². The van der Waals surface area contributed by atoms with Crippen LogP contribution in [-0.2, 0) is 6.54 Å². The van der Waals surface area contributed by atoms with E-state index in [1.54, 1.807) is 23.9 Å². The Hall–Kier alpha value is -2.08. The molecule has 120 valence electrons. The number of nitrogens with one attached hydrogen (secondary N) is 1. The number of hydrogen-bond donors (Lipinski definition) is 1. The van der Waals surface area contributed by atoms with Crippen LogP contribution in [0, 0.1) is 0 Å². The summed E-state index contributed by atoms with van der Waals surface area (Å²) in [5.74, 6) is 0.0282. The van der Waals surface area contributed by atoms with E-state index < -0.39 is 0 Å². The minimum atomic E-state index is 0.0282. The van der Waals surface area contributed by atoms with E-state index >= 15 is 0 Å². The van der Waals surface area contributed by atoms with Gasteiger partial charge in [-0.3, -0.25) is 4.79 Å². The summed E-state index contributed by atoms with van der Waals surface area (Å²) in [7, 11) is 0. The second-order valence-electron chi connectivity index (χ2n) is 6.06. The Morgan fingerprint density at radius 3 is 3.04 bits per heavy atom. The molecule has 5 nitrogen and oxygen atoms in total. The van der Waals surface area contributed by atoms with Gasteiger partial charge in [0.2, 0.25) is 0 Å². The summed E-state index contributed by atoms with van der Waals surface area (Å²) in [5.41, 5.74) is 2.02. The van der Waals surface area contributed by atoms with Crippen molar-refractivity contribution in [1.29, 1.82) is 0 Å². The summed E-state index contributed by atoms with van der Waals surface area (Å²) in [6.45, 7) is 1.35. The lowest BCUT2D eigenvalue weighted by Crippen LogP contribution is -2.29. The van der Waals surface area contributed by atoms with Gasteiger partial charge in [-0.2, -0.15) is 0 Å². The van der Waals surface area contributed by atoms with E-state index in [2.05, 4.69) is 26.3 Å². The molecule has 23 heavy (non-hydrogen) atoms. The highest BCUT2D eigenvalue weighted by Crippen LogP contribution is 2.36. The number of fused-ring (bicyclic) bond motifs is 1. The first-order valence-electron chi connectivity index (χ1n) is 8.15. The summed E-state index contributed by atoms with van der Waals surface area (Å²) in [4.78, 5) is 16.7.